The summed E-state index contributed by atoms with van der Waals surface area (Å²) in [5.41, 5.74) is 6.44. The van der Waals surface area contributed by atoms with Crippen LogP contribution in [0.5, 0.6) is 0 Å². The van der Waals surface area contributed by atoms with Gasteiger partial charge < -0.3 is 10.8 Å². The van der Waals surface area contributed by atoms with Gasteiger partial charge in [-0.05, 0) is 34.9 Å². The lowest BCUT2D eigenvalue weighted by molar-refractivity contribution is -0.138. The average molecular weight is 221 g/mol. The van der Waals surface area contributed by atoms with Crippen LogP contribution in [-0.2, 0) is 11.2 Å². The predicted molar refractivity (Wildman–Crippen MR) is 61.1 cm³/mol. The van der Waals surface area contributed by atoms with Crippen molar-refractivity contribution in [2.45, 2.75) is 12.5 Å². The van der Waals surface area contributed by atoms with Crippen molar-refractivity contribution in [2.75, 3.05) is 0 Å². The van der Waals surface area contributed by atoms with Crippen LogP contribution in [0, 0.1) is 0 Å². The Kier molecular flexibility index (Phi) is 2.70. The number of fused-ring (bicyclic) bond motifs is 1. The first-order chi connectivity index (χ1) is 7.16. The van der Waals surface area contributed by atoms with Crippen molar-refractivity contribution in [3.8, 4) is 0 Å². The second kappa shape index (κ2) is 4.00. The van der Waals surface area contributed by atoms with Gasteiger partial charge in [-0.25, -0.2) is 0 Å². The minimum absolute atomic E-state index is 0.376. The summed E-state index contributed by atoms with van der Waals surface area (Å²) in [7, 11) is 0. The molecule has 1 aromatic heterocycles. The molecule has 0 amide bonds. The lowest BCUT2D eigenvalue weighted by atomic mass is 10.1. The SMILES string of the molecule is NC(Cc1ccc2sccc2c1)C(=O)O. The summed E-state index contributed by atoms with van der Waals surface area (Å²) < 4.78 is 1.21. The summed E-state index contributed by atoms with van der Waals surface area (Å²) >= 11 is 1.67. The van der Waals surface area contributed by atoms with E-state index in [9.17, 15) is 4.79 Å². The van der Waals surface area contributed by atoms with Crippen LogP contribution in [0.1, 0.15) is 5.56 Å². The zero-order valence-electron chi connectivity index (χ0n) is 8.01. The molecule has 2 rings (SSSR count). The molecular weight excluding hydrogens is 210 g/mol. The second-order valence-corrected chi connectivity index (χ2v) is 4.39. The normalized spacial score (nSPS) is 12.9. The number of carboxylic acid groups (broad SMARTS) is 1. The van der Waals surface area contributed by atoms with Crippen LogP contribution in [0.3, 0.4) is 0 Å². The quantitative estimate of drug-likeness (QED) is 0.831. The Morgan fingerprint density at radius 2 is 2.27 bits per heavy atom. The van der Waals surface area contributed by atoms with Crippen LogP contribution in [0.25, 0.3) is 10.1 Å². The molecule has 78 valence electrons. The molecule has 0 saturated heterocycles. The highest BCUT2D eigenvalue weighted by molar-refractivity contribution is 7.17. The van der Waals surface area contributed by atoms with Crippen molar-refractivity contribution >= 4 is 27.4 Å². The molecule has 0 spiro atoms. The Hall–Kier alpha value is -1.39. The third-order valence-electron chi connectivity index (χ3n) is 2.29. The molecule has 0 aliphatic carbocycles. The first-order valence-corrected chi connectivity index (χ1v) is 5.49. The molecule has 3 N–H and O–H groups in total. The summed E-state index contributed by atoms with van der Waals surface area (Å²) in [4.78, 5) is 10.6. The van der Waals surface area contributed by atoms with Crippen LogP contribution >= 0.6 is 11.3 Å². The van der Waals surface area contributed by atoms with Crippen LogP contribution in [-0.4, -0.2) is 17.1 Å². The summed E-state index contributed by atoms with van der Waals surface area (Å²) in [5.74, 6) is -0.958. The number of carbonyl (C=O) groups is 1. The fourth-order valence-corrected chi connectivity index (χ4v) is 2.26. The molecule has 1 unspecified atom stereocenters. The van der Waals surface area contributed by atoms with Gasteiger partial charge in [0.2, 0.25) is 0 Å². The fraction of sp³-hybridized carbons (Fsp3) is 0.182. The molecular formula is C11H11NO2S. The topological polar surface area (TPSA) is 63.3 Å². The summed E-state index contributed by atoms with van der Waals surface area (Å²) in [6.45, 7) is 0. The standard InChI is InChI=1S/C11H11NO2S/c12-9(11(13)14)6-7-1-2-10-8(5-7)3-4-15-10/h1-5,9H,6,12H2,(H,13,14). The molecule has 0 radical (unpaired) electrons. The minimum atomic E-state index is -0.958. The number of aliphatic carboxylic acids is 1. The van der Waals surface area contributed by atoms with Gasteiger partial charge in [0.1, 0.15) is 6.04 Å². The monoisotopic (exact) mass is 221 g/mol. The molecule has 1 atom stereocenters. The third-order valence-corrected chi connectivity index (χ3v) is 3.19. The molecule has 1 heterocycles. The van der Waals surface area contributed by atoms with Crippen molar-refractivity contribution in [1.82, 2.24) is 0 Å². The molecule has 0 aliphatic rings. The molecule has 0 fully saturated rings. The molecule has 1 aromatic carbocycles. The van der Waals surface area contributed by atoms with E-state index in [4.69, 9.17) is 10.8 Å². The zero-order chi connectivity index (χ0) is 10.8. The van der Waals surface area contributed by atoms with E-state index in [0.29, 0.717) is 6.42 Å². The van der Waals surface area contributed by atoms with Gasteiger partial charge in [0.25, 0.3) is 0 Å². The first kappa shape index (κ1) is 10.1. The van der Waals surface area contributed by atoms with Gasteiger partial charge in [-0.15, -0.1) is 11.3 Å². The minimum Gasteiger partial charge on any atom is -0.480 e. The van der Waals surface area contributed by atoms with Gasteiger partial charge in [-0.3, -0.25) is 4.79 Å². The summed E-state index contributed by atoms with van der Waals surface area (Å²) in [6.07, 6.45) is 0.376. The summed E-state index contributed by atoms with van der Waals surface area (Å²) in [5, 5.41) is 11.9. The van der Waals surface area contributed by atoms with Crippen molar-refractivity contribution in [3.63, 3.8) is 0 Å². The van der Waals surface area contributed by atoms with Gasteiger partial charge in [-0.1, -0.05) is 12.1 Å². The van der Waals surface area contributed by atoms with E-state index < -0.39 is 12.0 Å². The lowest BCUT2D eigenvalue weighted by Crippen LogP contribution is -2.32. The van der Waals surface area contributed by atoms with Crippen LogP contribution in [0.2, 0.25) is 0 Å². The van der Waals surface area contributed by atoms with E-state index in [1.807, 2.05) is 29.6 Å². The highest BCUT2D eigenvalue weighted by Gasteiger charge is 2.12. The predicted octanol–water partition coefficient (Wildman–Crippen LogP) is 1.86. The number of thiophene rings is 1. The molecule has 4 heteroatoms. The summed E-state index contributed by atoms with van der Waals surface area (Å²) in [6, 6.07) is 7.14. The number of carboxylic acids is 1. The number of nitrogens with two attached hydrogens (primary N) is 1. The Labute approximate surface area is 91.1 Å². The fourth-order valence-electron chi connectivity index (χ4n) is 1.48. The highest BCUT2D eigenvalue weighted by atomic mass is 32.1. The molecule has 0 aliphatic heterocycles. The highest BCUT2D eigenvalue weighted by Crippen LogP contribution is 2.22. The first-order valence-electron chi connectivity index (χ1n) is 4.61. The smallest absolute Gasteiger partial charge is 0.320 e. The van der Waals surface area contributed by atoms with Crippen molar-refractivity contribution in [2.24, 2.45) is 5.73 Å². The van der Waals surface area contributed by atoms with Gasteiger partial charge in [-0.2, -0.15) is 0 Å². The van der Waals surface area contributed by atoms with Gasteiger partial charge >= 0.3 is 5.97 Å². The average Bonchev–Trinajstić information content (AvgIpc) is 2.64. The van der Waals surface area contributed by atoms with E-state index >= 15 is 0 Å². The number of benzene rings is 1. The number of rotatable bonds is 3. The van der Waals surface area contributed by atoms with Crippen LogP contribution in [0.15, 0.2) is 29.6 Å². The maximum absolute atomic E-state index is 10.6. The molecule has 15 heavy (non-hydrogen) atoms. The number of hydrogen-bond acceptors (Lipinski definition) is 3. The van der Waals surface area contributed by atoms with E-state index in [0.717, 1.165) is 10.9 Å². The van der Waals surface area contributed by atoms with E-state index in [1.54, 1.807) is 11.3 Å². The largest absolute Gasteiger partial charge is 0.480 e. The zero-order valence-corrected chi connectivity index (χ0v) is 8.83. The van der Waals surface area contributed by atoms with Crippen LogP contribution < -0.4 is 5.73 Å². The Balaban J connectivity index is 2.24. The van der Waals surface area contributed by atoms with Gasteiger partial charge in [0.15, 0.2) is 0 Å². The maximum atomic E-state index is 10.6. The van der Waals surface area contributed by atoms with E-state index in [-0.39, 0.29) is 0 Å². The van der Waals surface area contributed by atoms with Crippen molar-refractivity contribution < 1.29 is 9.90 Å². The van der Waals surface area contributed by atoms with Gasteiger partial charge in [0.05, 0.1) is 0 Å². The Bertz CT molecular complexity index is 492. The van der Waals surface area contributed by atoms with E-state index in [2.05, 4.69) is 0 Å². The second-order valence-electron chi connectivity index (χ2n) is 3.44. The molecule has 3 nitrogen and oxygen atoms in total. The van der Waals surface area contributed by atoms with Gasteiger partial charge in [0, 0.05) is 4.70 Å². The Morgan fingerprint density at radius 1 is 1.47 bits per heavy atom. The Morgan fingerprint density at radius 3 is 3.00 bits per heavy atom. The molecule has 0 saturated carbocycles. The maximum Gasteiger partial charge on any atom is 0.320 e. The van der Waals surface area contributed by atoms with E-state index in [1.165, 1.54) is 4.70 Å². The van der Waals surface area contributed by atoms with Crippen LogP contribution in [0.4, 0.5) is 0 Å². The molecule has 2 aromatic rings. The number of hydrogen-bond donors (Lipinski definition) is 2. The third kappa shape index (κ3) is 2.16. The van der Waals surface area contributed by atoms with Crippen molar-refractivity contribution in [3.05, 3.63) is 35.2 Å². The lowest BCUT2D eigenvalue weighted by Gasteiger charge is -2.06. The van der Waals surface area contributed by atoms with Crippen molar-refractivity contribution in [1.29, 1.82) is 0 Å². The molecule has 0 bridgehead atoms.